The fraction of sp³-hybridized carbons (Fsp3) is 0.727. The smallest absolute Gasteiger partial charge is 0.224 e. The van der Waals surface area contributed by atoms with Crippen LogP contribution in [0.4, 0.5) is 0 Å². The van der Waals surface area contributed by atoms with E-state index < -0.39 is 23.3 Å². The predicted molar refractivity (Wildman–Crippen MR) is 169 cm³/mol. The lowest BCUT2D eigenvalue weighted by Gasteiger charge is -2.31. The average Bonchev–Trinajstić information content (AvgIpc) is 2.91. The minimum Gasteiger partial charge on any atom is -0.493 e. The molecular weight excluding hydrogens is 534 g/mol. The Hall–Kier alpha value is -2.65. The molecule has 1 rings (SSSR count). The molecule has 0 aliphatic rings. The van der Waals surface area contributed by atoms with Crippen molar-refractivity contribution in [3.8, 4) is 11.5 Å². The van der Waals surface area contributed by atoms with Gasteiger partial charge in [0.05, 0.1) is 31.3 Å². The first-order valence-corrected chi connectivity index (χ1v) is 15.2. The molecule has 0 saturated heterocycles. The largest absolute Gasteiger partial charge is 0.493 e. The van der Waals surface area contributed by atoms with Gasteiger partial charge >= 0.3 is 0 Å². The fourth-order valence-electron chi connectivity index (χ4n) is 4.80. The van der Waals surface area contributed by atoms with Gasteiger partial charge in [0.25, 0.3) is 0 Å². The highest BCUT2D eigenvalue weighted by atomic mass is 16.5. The highest BCUT2D eigenvalue weighted by molar-refractivity contribution is 5.83. The number of methoxy groups -OCH3 is 2. The summed E-state index contributed by atoms with van der Waals surface area (Å²) < 4.78 is 16.6. The van der Waals surface area contributed by atoms with E-state index in [4.69, 9.17) is 24.9 Å². The molecule has 4 atom stereocenters. The van der Waals surface area contributed by atoms with Crippen LogP contribution < -0.4 is 20.5 Å². The van der Waals surface area contributed by atoms with Crippen molar-refractivity contribution in [2.75, 3.05) is 34.0 Å². The molecule has 0 aliphatic heterocycles. The first-order chi connectivity index (χ1) is 19.6. The standard InChI is InChI=1S/C33H57N3O6/c1-21(2)25(16-24-12-13-29(41-10)30(17-24)42-15-11-14-40-9)18-27(36-23(5)6)28(37)19-26(22(3)4)31(38)35-20-33(7,8)32(34)39/h12-13,17,21-22,25-28,37H,11,14-16,18-20H2,1-10H3,(H2,34,39)(H,35,38)/t25-,26-,27-,28-/m0/s1. The van der Waals surface area contributed by atoms with Crippen LogP contribution in [-0.4, -0.2) is 68.8 Å². The minimum atomic E-state index is -0.858. The molecule has 42 heavy (non-hydrogen) atoms. The molecule has 1 aromatic rings. The van der Waals surface area contributed by atoms with Crippen molar-refractivity contribution in [2.24, 2.45) is 39.8 Å². The van der Waals surface area contributed by atoms with Gasteiger partial charge in [0, 0.05) is 38.3 Å². The molecule has 0 fully saturated rings. The molecule has 2 amide bonds. The Morgan fingerprint density at radius 3 is 2.21 bits per heavy atom. The third-order valence-electron chi connectivity index (χ3n) is 7.84. The Morgan fingerprint density at radius 2 is 1.69 bits per heavy atom. The number of amides is 2. The van der Waals surface area contributed by atoms with Crippen molar-refractivity contribution in [1.82, 2.24) is 5.32 Å². The third kappa shape index (κ3) is 12.7. The predicted octanol–water partition coefficient (Wildman–Crippen LogP) is 4.82. The number of hydrogen-bond acceptors (Lipinski definition) is 7. The van der Waals surface area contributed by atoms with Crippen LogP contribution in [0.15, 0.2) is 23.2 Å². The van der Waals surface area contributed by atoms with E-state index in [2.05, 4.69) is 25.2 Å². The number of nitrogens with zero attached hydrogens (tertiary/aromatic N) is 1. The SMILES string of the molecule is COCCCOc1cc(C[C@@H](C[C@H](N=C(C)C)[C@@H](O)C[C@H](C(=O)NCC(C)(C)C(N)=O)C(C)C)C(C)C)ccc1OC. The van der Waals surface area contributed by atoms with Gasteiger partial charge in [-0.25, -0.2) is 0 Å². The Kier molecular flexibility index (Phi) is 16.1. The first kappa shape index (κ1) is 37.4. The maximum Gasteiger partial charge on any atom is 0.224 e. The Labute approximate surface area is 254 Å². The van der Waals surface area contributed by atoms with Crippen LogP contribution in [0, 0.1) is 29.1 Å². The zero-order valence-electron chi connectivity index (χ0n) is 27.7. The molecule has 0 unspecified atom stereocenters. The van der Waals surface area contributed by atoms with Gasteiger partial charge in [-0.05, 0) is 82.4 Å². The van der Waals surface area contributed by atoms with Gasteiger partial charge in [-0.1, -0.05) is 33.8 Å². The minimum absolute atomic E-state index is 0.00815. The second kappa shape index (κ2) is 18.1. The van der Waals surface area contributed by atoms with Crippen LogP contribution in [-0.2, 0) is 20.7 Å². The Morgan fingerprint density at radius 1 is 1.02 bits per heavy atom. The highest BCUT2D eigenvalue weighted by Crippen LogP contribution is 2.32. The number of carbonyl (C=O) groups is 2. The molecule has 0 saturated carbocycles. The van der Waals surface area contributed by atoms with E-state index in [9.17, 15) is 14.7 Å². The van der Waals surface area contributed by atoms with Crippen molar-refractivity contribution in [3.05, 3.63) is 23.8 Å². The van der Waals surface area contributed by atoms with Gasteiger partial charge in [0.1, 0.15) is 0 Å². The van der Waals surface area contributed by atoms with Crippen LogP contribution in [0.1, 0.15) is 80.2 Å². The third-order valence-corrected chi connectivity index (χ3v) is 7.84. The van der Waals surface area contributed by atoms with Crippen LogP contribution in [0.2, 0.25) is 0 Å². The first-order valence-electron chi connectivity index (χ1n) is 15.2. The van der Waals surface area contributed by atoms with Crippen LogP contribution >= 0.6 is 0 Å². The number of benzene rings is 1. The van der Waals surface area contributed by atoms with E-state index in [-0.39, 0.29) is 36.8 Å². The monoisotopic (exact) mass is 591 g/mol. The van der Waals surface area contributed by atoms with E-state index in [1.807, 2.05) is 39.8 Å². The summed E-state index contributed by atoms with van der Waals surface area (Å²) in [4.78, 5) is 29.7. The molecule has 0 heterocycles. The summed E-state index contributed by atoms with van der Waals surface area (Å²) in [6.45, 7) is 16.9. The summed E-state index contributed by atoms with van der Waals surface area (Å²) in [5.74, 6) is 0.850. The van der Waals surface area contributed by atoms with E-state index in [0.717, 1.165) is 24.1 Å². The molecular formula is C33H57N3O6. The Bertz CT molecular complexity index is 1000. The molecule has 0 aromatic heterocycles. The second-order valence-corrected chi connectivity index (χ2v) is 12.9. The van der Waals surface area contributed by atoms with E-state index in [1.54, 1.807) is 28.1 Å². The second-order valence-electron chi connectivity index (χ2n) is 12.9. The lowest BCUT2D eigenvalue weighted by Crippen LogP contribution is -2.45. The van der Waals surface area contributed by atoms with Crippen molar-refractivity contribution in [3.63, 3.8) is 0 Å². The Balaban J connectivity index is 3.11. The van der Waals surface area contributed by atoms with Gasteiger partial charge in [-0.3, -0.25) is 14.6 Å². The topological polar surface area (TPSA) is 132 Å². The van der Waals surface area contributed by atoms with Crippen molar-refractivity contribution >= 4 is 17.5 Å². The zero-order valence-corrected chi connectivity index (χ0v) is 27.7. The number of aliphatic imine (C=N–C) groups is 1. The van der Waals surface area contributed by atoms with Crippen molar-refractivity contribution < 1.29 is 28.9 Å². The summed E-state index contributed by atoms with van der Waals surface area (Å²) in [5, 5.41) is 14.4. The average molecular weight is 592 g/mol. The van der Waals surface area contributed by atoms with E-state index in [0.29, 0.717) is 37.1 Å². The molecule has 0 radical (unpaired) electrons. The summed E-state index contributed by atoms with van der Waals surface area (Å²) >= 11 is 0. The number of rotatable bonds is 20. The lowest BCUT2D eigenvalue weighted by molar-refractivity contribution is -0.130. The van der Waals surface area contributed by atoms with Gasteiger partial charge in [0.15, 0.2) is 11.5 Å². The number of aliphatic hydroxyl groups excluding tert-OH is 1. The van der Waals surface area contributed by atoms with Gasteiger partial charge in [-0.2, -0.15) is 0 Å². The maximum absolute atomic E-state index is 13.2. The van der Waals surface area contributed by atoms with Crippen LogP contribution in [0.25, 0.3) is 0 Å². The molecule has 1 aromatic carbocycles. The van der Waals surface area contributed by atoms with E-state index >= 15 is 0 Å². The molecule has 0 spiro atoms. The summed E-state index contributed by atoms with van der Waals surface area (Å²) in [7, 11) is 3.31. The summed E-state index contributed by atoms with van der Waals surface area (Å²) in [6, 6.07) is 5.67. The molecule has 240 valence electrons. The zero-order chi connectivity index (χ0) is 32.0. The number of primary amides is 1. The number of nitrogens with one attached hydrogen (secondary N) is 1. The molecule has 9 nitrogen and oxygen atoms in total. The normalized spacial score (nSPS) is 14.7. The van der Waals surface area contributed by atoms with Crippen LogP contribution in [0.5, 0.6) is 11.5 Å². The molecule has 4 N–H and O–H groups in total. The lowest BCUT2D eigenvalue weighted by atomic mass is 9.80. The molecule has 0 bridgehead atoms. The van der Waals surface area contributed by atoms with Gasteiger partial charge in [-0.15, -0.1) is 0 Å². The number of nitrogens with two attached hydrogens (primary N) is 1. The van der Waals surface area contributed by atoms with Gasteiger partial charge in [0.2, 0.25) is 11.8 Å². The van der Waals surface area contributed by atoms with Crippen molar-refractivity contribution in [2.45, 2.75) is 93.2 Å². The van der Waals surface area contributed by atoms with Gasteiger partial charge < -0.3 is 30.4 Å². The van der Waals surface area contributed by atoms with Crippen LogP contribution in [0.3, 0.4) is 0 Å². The van der Waals surface area contributed by atoms with Crippen molar-refractivity contribution in [1.29, 1.82) is 0 Å². The maximum atomic E-state index is 13.2. The number of ether oxygens (including phenoxy) is 3. The van der Waals surface area contributed by atoms with E-state index in [1.165, 1.54) is 0 Å². The number of carbonyl (C=O) groups excluding carboxylic acids is 2. The fourth-order valence-corrected chi connectivity index (χ4v) is 4.80. The highest BCUT2D eigenvalue weighted by Gasteiger charge is 2.33. The number of aliphatic hydroxyl groups is 1. The molecule has 0 aliphatic carbocycles. The quantitative estimate of drug-likeness (QED) is 0.147. The summed E-state index contributed by atoms with van der Waals surface area (Å²) in [5.41, 5.74) is 6.62. The number of hydrogen-bond donors (Lipinski definition) is 3. The molecule has 9 heteroatoms. The summed E-state index contributed by atoms with van der Waals surface area (Å²) in [6.07, 6.45) is 1.70.